The molecule has 28 heavy (non-hydrogen) atoms. The average Bonchev–Trinajstić information content (AvgIpc) is 3.26. The molecule has 0 bridgehead atoms. The lowest BCUT2D eigenvalue weighted by Gasteiger charge is -2.35. The molecule has 152 valence electrons. The molecule has 2 N–H and O–H groups in total. The predicted molar refractivity (Wildman–Crippen MR) is 120 cm³/mol. The summed E-state index contributed by atoms with van der Waals surface area (Å²) in [5.41, 5.74) is 1.22. The van der Waals surface area contributed by atoms with Gasteiger partial charge < -0.3 is 20.3 Å². The molecule has 1 aliphatic heterocycles. The van der Waals surface area contributed by atoms with Gasteiger partial charge in [-0.25, -0.2) is 4.98 Å². The zero-order valence-corrected chi connectivity index (χ0v) is 18.2. The lowest BCUT2D eigenvalue weighted by Crippen LogP contribution is -2.51. The fourth-order valence-corrected chi connectivity index (χ4v) is 4.89. The molecule has 1 aliphatic rings. The van der Waals surface area contributed by atoms with Crippen molar-refractivity contribution in [3.8, 4) is 5.75 Å². The normalized spacial score (nSPS) is 17.4. The summed E-state index contributed by atoms with van der Waals surface area (Å²) in [4.78, 5) is 11.1. The number of hydrogen-bond donors (Lipinski definition) is 2. The Kier molecular flexibility index (Phi) is 8.29. The number of thioether (sulfide) groups is 1. The van der Waals surface area contributed by atoms with Crippen molar-refractivity contribution in [2.75, 3.05) is 44.4 Å². The molecule has 0 radical (unpaired) electrons. The van der Waals surface area contributed by atoms with Crippen LogP contribution in [0.5, 0.6) is 5.75 Å². The smallest absolute Gasteiger partial charge is 0.191 e. The molecule has 0 spiro atoms. The average molecular weight is 420 g/mol. The Morgan fingerprint density at radius 1 is 1.46 bits per heavy atom. The molecule has 3 rings (SSSR count). The Balaban J connectivity index is 1.42. The second-order valence-electron chi connectivity index (χ2n) is 6.63. The van der Waals surface area contributed by atoms with E-state index in [1.54, 1.807) is 18.4 Å². The molecular formula is C20H29N5OS2. The third kappa shape index (κ3) is 6.31. The summed E-state index contributed by atoms with van der Waals surface area (Å²) >= 11 is 3.51. The number of hydrogen-bond acceptors (Lipinski definition) is 6. The summed E-state index contributed by atoms with van der Waals surface area (Å²) in [6, 6.07) is 8.68. The van der Waals surface area contributed by atoms with Gasteiger partial charge in [-0.1, -0.05) is 17.8 Å². The fourth-order valence-electron chi connectivity index (χ4n) is 3.24. The van der Waals surface area contributed by atoms with Crippen LogP contribution in [0.2, 0.25) is 0 Å². The summed E-state index contributed by atoms with van der Waals surface area (Å²) in [6.07, 6.45) is 5.25. The number of thiazole rings is 1. The molecule has 1 aromatic heterocycles. The van der Waals surface area contributed by atoms with Crippen molar-refractivity contribution >= 4 is 34.7 Å². The number of guanidine groups is 1. The Labute approximate surface area is 175 Å². The van der Waals surface area contributed by atoms with E-state index in [4.69, 9.17) is 4.74 Å². The molecule has 1 saturated heterocycles. The van der Waals surface area contributed by atoms with Gasteiger partial charge in [0.1, 0.15) is 10.1 Å². The maximum absolute atomic E-state index is 5.37. The molecule has 0 amide bonds. The maximum atomic E-state index is 5.37. The van der Waals surface area contributed by atoms with Gasteiger partial charge in [0.15, 0.2) is 5.96 Å². The lowest BCUT2D eigenvalue weighted by molar-refractivity contribution is 0.414. The van der Waals surface area contributed by atoms with Crippen molar-refractivity contribution in [1.29, 1.82) is 0 Å². The van der Waals surface area contributed by atoms with Crippen LogP contribution in [0.15, 0.2) is 45.2 Å². The van der Waals surface area contributed by atoms with Gasteiger partial charge in [-0.3, -0.25) is 4.99 Å². The number of methoxy groups -OCH3 is 1. The summed E-state index contributed by atoms with van der Waals surface area (Å²) in [5.74, 6) is 2.85. The third-order valence-corrected chi connectivity index (χ3v) is 6.71. The minimum absolute atomic E-state index is 0.385. The number of nitrogens with zero attached hydrogens (tertiary/aromatic N) is 3. The number of rotatable bonds is 8. The Hall–Kier alpha value is -1.93. The Bertz CT molecular complexity index is 738. The van der Waals surface area contributed by atoms with Gasteiger partial charge >= 0.3 is 0 Å². The first-order valence-electron chi connectivity index (χ1n) is 9.67. The van der Waals surface area contributed by atoms with Crippen LogP contribution in [0.1, 0.15) is 19.3 Å². The zero-order valence-electron chi connectivity index (χ0n) is 16.6. The highest BCUT2D eigenvalue weighted by Crippen LogP contribution is 2.24. The van der Waals surface area contributed by atoms with E-state index < -0.39 is 0 Å². The van der Waals surface area contributed by atoms with Crippen molar-refractivity contribution in [1.82, 2.24) is 15.6 Å². The number of aliphatic imine (C=N–C) groups is 1. The van der Waals surface area contributed by atoms with Crippen LogP contribution >= 0.6 is 23.1 Å². The van der Waals surface area contributed by atoms with Crippen LogP contribution in [-0.2, 0) is 0 Å². The minimum atomic E-state index is 0.385. The largest absolute Gasteiger partial charge is 0.497 e. The molecule has 1 fully saturated rings. The van der Waals surface area contributed by atoms with Crippen molar-refractivity contribution in [2.45, 2.75) is 29.6 Å². The SMILES string of the molecule is CN=C(NCCCSc1nccs1)NC1CCCN(c2cccc(OC)c2)C1. The van der Waals surface area contributed by atoms with Gasteiger partial charge in [0.05, 0.1) is 7.11 Å². The molecule has 0 saturated carbocycles. The third-order valence-electron chi connectivity index (χ3n) is 4.65. The number of aromatic nitrogens is 1. The molecule has 2 heterocycles. The first-order valence-corrected chi connectivity index (χ1v) is 11.5. The van der Waals surface area contributed by atoms with Gasteiger partial charge in [-0.05, 0) is 31.4 Å². The van der Waals surface area contributed by atoms with Crippen molar-refractivity contribution in [3.63, 3.8) is 0 Å². The monoisotopic (exact) mass is 419 g/mol. The highest BCUT2D eigenvalue weighted by Gasteiger charge is 2.21. The van der Waals surface area contributed by atoms with Gasteiger partial charge in [0, 0.05) is 61.8 Å². The van der Waals surface area contributed by atoms with Crippen molar-refractivity contribution in [3.05, 3.63) is 35.8 Å². The standard InChI is InChI=1S/C20H29N5OS2/c1-21-19(22-9-5-12-27-20-23-10-13-28-20)24-16-6-4-11-25(15-16)17-7-3-8-18(14-17)26-2/h3,7-8,10,13-14,16H,4-6,9,11-12,15H2,1-2H3,(H2,21,22,24). The van der Waals surface area contributed by atoms with Crippen LogP contribution in [0.4, 0.5) is 5.69 Å². The molecule has 1 unspecified atom stereocenters. The molecule has 0 aliphatic carbocycles. The minimum Gasteiger partial charge on any atom is -0.497 e. The van der Waals surface area contributed by atoms with E-state index in [2.05, 4.69) is 43.7 Å². The van der Waals surface area contributed by atoms with Crippen LogP contribution in [0.3, 0.4) is 0 Å². The van der Waals surface area contributed by atoms with Crippen LogP contribution in [-0.4, -0.2) is 56.5 Å². The molecule has 6 nitrogen and oxygen atoms in total. The second kappa shape index (κ2) is 11.2. The summed E-state index contributed by atoms with van der Waals surface area (Å²) in [7, 11) is 3.55. The zero-order chi connectivity index (χ0) is 19.6. The number of piperidine rings is 1. The maximum Gasteiger partial charge on any atom is 0.191 e. The molecule has 1 aromatic carbocycles. The van der Waals surface area contributed by atoms with Gasteiger partial charge in [0.25, 0.3) is 0 Å². The Morgan fingerprint density at radius 3 is 3.18 bits per heavy atom. The van der Waals surface area contributed by atoms with Crippen LogP contribution in [0.25, 0.3) is 0 Å². The van der Waals surface area contributed by atoms with E-state index in [1.807, 2.05) is 36.5 Å². The highest BCUT2D eigenvalue weighted by atomic mass is 32.2. The van der Waals surface area contributed by atoms with E-state index in [0.717, 1.165) is 60.7 Å². The van der Waals surface area contributed by atoms with Crippen molar-refractivity contribution in [2.24, 2.45) is 4.99 Å². The second-order valence-corrected chi connectivity index (χ2v) is 8.87. The first kappa shape index (κ1) is 20.8. The van der Waals surface area contributed by atoms with E-state index in [0.29, 0.717) is 6.04 Å². The van der Waals surface area contributed by atoms with Gasteiger partial charge in [-0.15, -0.1) is 11.3 Å². The molecule has 1 atom stereocenters. The fraction of sp³-hybridized carbons (Fsp3) is 0.500. The van der Waals surface area contributed by atoms with E-state index in [-0.39, 0.29) is 0 Å². The summed E-state index contributed by atoms with van der Waals surface area (Å²) in [6.45, 7) is 2.95. The van der Waals surface area contributed by atoms with Gasteiger partial charge in [0.2, 0.25) is 0 Å². The van der Waals surface area contributed by atoms with Gasteiger partial charge in [-0.2, -0.15) is 0 Å². The Morgan fingerprint density at radius 2 is 2.39 bits per heavy atom. The summed E-state index contributed by atoms with van der Waals surface area (Å²) in [5, 5.41) is 9.05. The van der Waals surface area contributed by atoms with E-state index >= 15 is 0 Å². The number of anilines is 1. The lowest BCUT2D eigenvalue weighted by atomic mass is 10.0. The predicted octanol–water partition coefficient (Wildman–Crippen LogP) is 3.47. The molecule has 2 aromatic rings. The topological polar surface area (TPSA) is 61.8 Å². The first-order chi connectivity index (χ1) is 13.8. The van der Waals surface area contributed by atoms with E-state index in [1.165, 1.54) is 5.69 Å². The molecular weight excluding hydrogens is 390 g/mol. The number of nitrogens with one attached hydrogen (secondary N) is 2. The number of benzene rings is 1. The van der Waals surface area contributed by atoms with Crippen LogP contribution < -0.4 is 20.3 Å². The van der Waals surface area contributed by atoms with Crippen molar-refractivity contribution < 1.29 is 4.74 Å². The highest BCUT2D eigenvalue weighted by molar-refractivity contribution is 8.00. The quantitative estimate of drug-likeness (QED) is 0.296. The summed E-state index contributed by atoms with van der Waals surface area (Å²) < 4.78 is 6.51. The number of ether oxygens (including phenoxy) is 1. The van der Waals surface area contributed by atoms with Crippen LogP contribution in [0, 0.1) is 0 Å². The molecule has 8 heteroatoms. The van der Waals surface area contributed by atoms with E-state index in [9.17, 15) is 0 Å².